The van der Waals surface area contributed by atoms with E-state index in [1.807, 2.05) is 12.1 Å². The van der Waals surface area contributed by atoms with E-state index in [1.165, 1.54) is 11.1 Å². The van der Waals surface area contributed by atoms with Gasteiger partial charge in [0, 0.05) is 12.1 Å². The number of fused-ring (bicyclic) bond motifs is 1. The Morgan fingerprint density at radius 3 is 3.00 bits per heavy atom. The summed E-state index contributed by atoms with van der Waals surface area (Å²) >= 11 is 0. The first kappa shape index (κ1) is 9.53. The molecule has 1 aliphatic rings. The fourth-order valence-corrected chi connectivity index (χ4v) is 2.21. The van der Waals surface area contributed by atoms with E-state index in [0.29, 0.717) is 5.75 Å². The Morgan fingerprint density at radius 1 is 1.50 bits per heavy atom. The Labute approximate surface area is 85.0 Å². The largest absolute Gasteiger partial charge is 0.508 e. The minimum atomic E-state index is 0.0846. The van der Waals surface area contributed by atoms with Gasteiger partial charge in [0.05, 0.1) is 0 Å². The molecule has 0 saturated carbocycles. The fraction of sp³-hybridized carbons (Fsp3) is 0.500. The fourth-order valence-electron chi connectivity index (χ4n) is 2.21. The van der Waals surface area contributed by atoms with Gasteiger partial charge in [-0.05, 0) is 43.0 Å². The smallest absolute Gasteiger partial charge is 0.115 e. The molecule has 0 bridgehead atoms. The van der Waals surface area contributed by atoms with Gasteiger partial charge in [-0.15, -0.1) is 0 Å². The lowest BCUT2D eigenvalue weighted by molar-refractivity contribution is 0.334. The average Bonchev–Trinajstić information content (AvgIpc) is 2.18. The lowest BCUT2D eigenvalue weighted by Gasteiger charge is -2.36. The highest BCUT2D eigenvalue weighted by atomic mass is 16.3. The molecular weight excluding hydrogens is 174 g/mol. The molecule has 0 aliphatic carbocycles. The Kier molecular flexibility index (Phi) is 2.23. The molecule has 1 heterocycles. The molecule has 2 N–H and O–H groups in total. The van der Waals surface area contributed by atoms with Crippen molar-refractivity contribution in [3.8, 4) is 5.75 Å². The van der Waals surface area contributed by atoms with Crippen LogP contribution in [0.2, 0.25) is 0 Å². The number of hydrogen-bond acceptors (Lipinski definition) is 2. The number of phenols is 1. The highest BCUT2D eigenvalue weighted by Crippen LogP contribution is 2.32. The maximum atomic E-state index is 9.41. The first-order chi connectivity index (χ1) is 6.65. The van der Waals surface area contributed by atoms with Gasteiger partial charge < -0.3 is 10.4 Å². The van der Waals surface area contributed by atoms with Gasteiger partial charge in [-0.1, -0.05) is 13.0 Å². The van der Waals surface area contributed by atoms with E-state index >= 15 is 0 Å². The molecule has 1 unspecified atom stereocenters. The zero-order chi connectivity index (χ0) is 10.2. The average molecular weight is 191 g/mol. The third kappa shape index (κ3) is 1.40. The van der Waals surface area contributed by atoms with Crippen molar-refractivity contribution in [2.75, 3.05) is 6.54 Å². The van der Waals surface area contributed by atoms with Crippen LogP contribution in [-0.4, -0.2) is 11.7 Å². The first-order valence-corrected chi connectivity index (χ1v) is 5.23. The van der Waals surface area contributed by atoms with E-state index in [4.69, 9.17) is 0 Å². The van der Waals surface area contributed by atoms with E-state index < -0.39 is 0 Å². The van der Waals surface area contributed by atoms with Crippen molar-refractivity contribution in [2.45, 2.75) is 32.2 Å². The van der Waals surface area contributed by atoms with Gasteiger partial charge in [0.25, 0.3) is 0 Å². The number of hydrogen-bond donors (Lipinski definition) is 2. The van der Waals surface area contributed by atoms with Crippen LogP contribution in [0.3, 0.4) is 0 Å². The molecule has 1 aliphatic heterocycles. The van der Waals surface area contributed by atoms with E-state index in [0.717, 1.165) is 19.4 Å². The van der Waals surface area contributed by atoms with Gasteiger partial charge in [0.2, 0.25) is 0 Å². The van der Waals surface area contributed by atoms with E-state index in [-0.39, 0.29) is 5.54 Å². The Morgan fingerprint density at radius 2 is 2.29 bits per heavy atom. The van der Waals surface area contributed by atoms with Crippen molar-refractivity contribution in [1.29, 1.82) is 0 Å². The van der Waals surface area contributed by atoms with Gasteiger partial charge >= 0.3 is 0 Å². The van der Waals surface area contributed by atoms with Crippen molar-refractivity contribution >= 4 is 0 Å². The van der Waals surface area contributed by atoms with Crippen molar-refractivity contribution in [1.82, 2.24) is 5.32 Å². The second-order valence-electron chi connectivity index (χ2n) is 4.20. The minimum Gasteiger partial charge on any atom is -0.508 e. The zero-order valence-corrected chi connectivity index (χ0v) is 8.80. The molecule has 0 aromatic heterocycles. The highest BCUT2D eigenvalue weighted by Gasteiger charge is 2.29. The SMILES string of the molecule is CCC1(C)NCCc2cc(O)ccc21. The van der Waals surface area contributed by atoms with Crippen molar-refractivity contribution < 1.29 is 5.11 Å². The zero-order valence-electron chi connectivity index (χ0n) is 8.80. The van der Waals surface area contributed by atoms with E-state index in [2.05, 4.69) is 19.2 Å². The molecule has 76 valence electrons. The van der Waals surface area contributed by atoms with Crippen LogP contribution in [0.15, 0.2) is 18.2 Å². The Balaban J connectivity index is 2.50. The van der Waals surface area contributed by atoms with E-state index in [1.54, 1.807) is 6.07 Å². The van der Waals surface area contributed by atoms with Gasteiger partial charge in [-0.2, -0.15) is 0 Å². The Bertz CT molecular complexity index is 348. The van der Waals surface area contributed by atoms with Crippen LogP contribution in [0.5, 0.6) is 5.75 Å². The molecule has 1 aromatic rings. The summed E-state index contributed by atoms with van der Waals surface area (Å²) < 4.78 is 0. The maximum Gasteiger partial charge on any atom is 0.115 e. The predicted molar refractivity (Wildman–Crippen MR) is 57.5 cm³/mol. The molecule has 14 heavy (non-hydrogen) atoms. The second-order valence-corrected chi connectivity index (χ2v) is 4.20. The highest BCUT2D eigenvalue weighted by molar-refractivity contribution is 5.40. The van der Waals surface area contributed by atoms with Crippen LogP contribution in [-0.2, 0) is 12.0 Å². The van der Waals surface area contributed by atoms with Gasteiger partial charge in [0.1, 0.15) is 5.75 Å². The van der Waals surface area contributed by atoms with Crippen molar-refractivity contribution in [3.05, 3.63) is 29.3 Å². The summed E-state index contributed by atoms with van der Waals surface area (Å²) in [7, 11) is 0. The van der Waals surface area contributed by atoms with Crippen LogP contribution in [0.4, 0.5) is 0 Å². The lowest BCUT2D eigenvalue weighted by atomic mass is 9.82. The number of aromatic hydroxyl groups is 1. The predicted octanol–water partition coefficient (Wildman–Crippen LogP) is 2.16. The second kappa shape index (κ2) is 3.28. The van der Waals surface area contributed by atoms with Crippen LogP contribution >= 0.6 is 0 Å². The van der Waals surface area contributed by atoms with Crippen LogP contribution < -0.4 is 5.32 Å². The monoisotopic (exact) mass is 191 g/mol. The molecule has 1 aromatic carbocycles. The summed E-state index contributed by atoms with van der Waals surface area (Å²) in [5.74, 6) is 0.379. The third-order valence-electron chi connectivity index (χ3n) is 3.30. The molecule has 1 atom stereocenters. The summed E-state index contributed by atoms with van der Waals surface area (Å²) in [6.45, 7) is 5.41. The number of benzene rings is 1. The summed E-state index contributed by atoms with van der Waals surface area (Å²) in [5, 5.41) is 12.9. The quantitative estimate of drug-likeness (QED) is 0.713. The molecule has 0 fully saturated rings. The molecule has 0 saturated heterocycles. The standard InChI is InChI=1S/C12H17NO/c1-3-12(2)11-5-4-10(14)8-9(11)6-7-13-12/h4-5,8,13-14H,3,6-7H2,1-2H3. The number of nitrogens with one attached hydrogen (secondary N) is 1. The lowest BCUT2D eigenvalue weighted by Crippen LogP contribution is -2.44. The summed E-state index contributed by atoms with van der Waals surface area (Å²) in [6.07, 6.45) is 2.09. The molecule has 0 radical (unpaired) electrons. The normalized spacial score (nSPS) is 25.9. The van der Waals surface area contributed by atoms with Gasteiger partial charge in [-0.25, -0.2) is 0 Å². The van der Waals surface area contributed by atoms with Crippen molar-refractivity contribution in [2.24, 2.45) is 0 Å². The summed E-state index contributed by atoms with van der Waals surface area (Å²) in [5.41, 5.74) is 2.71. The third-order valence-corrected chi connectivity index (χ3v) is 3.30. The minimum absolute atomic E-state index is 0.0846. The molecule has 0 spiro atoms. The number of rotatable bonds is 1. The van der Waals surface area contributed by atoms with Crippen molar-refractivity contribution in [3.63, 3.8) is 0 Å². The molecule has 0 amide bonds. The summed E-state index contributed by atoms with van der Waals surface area (Å²) in [4.78, 5) is 0. The molecule has 2 nitrogen and oxygen atoms in total. The molecular formula is C12H17NO. The molecule has 2 rings (SSSR count). The number of phenolic OH excluding ortho intramolecular Hbond substituents is 1. The topological polar surface area (TPSA) is 32.3 Å². The molecule has 2 heteroatoms. The van der Waals surface area contributed by atoms with Crippen LogP contribution in [0.1, 0.15) is 31.4 Å². The van der Waals surface area contributed by atoms with Gasteiger partial charge in [0.15, 0.2) is 0 Å². The van der Waals surface area contributed by atoms with E-state index in [9.17, 15) is 5.11 Å². The van der Waals surface area contributed by atoms with Gasteiger partial charge in [-0.3, -0.25) is 0 Å². The summed E-state index contributed by atoms with van der Waals surface area (Å²) in [6, 6.07) is 5.71. The Hall–Kier alpha value is -1.02. The van der Waals surface area contributed by atoms with Crippen LogP contribution in [0.25, 0.3) is 0 Å². The first-order valence-electron chi connectivity index (χ1n) is 5.23. The van der Waals surface area contributed by atoms with Crippen LogP contribution in [0, 0.1) is 0 Å². The maximum absolute atomic E-state index is 9.41.